The maximum absolute atomic E-state index is 12.7. The third-order valence-electron chi connectivity index (χ3n) is 2.49. The number of fused-ring (bicyclic) bond motifs is 1. The predicted octanol–water partition coefficient (Wildman–Crippen LogP) is 3.60. The first-order valence-electron chi connectivity index (χ1n) is 4.37. The molecule has 1 aromatic carbocycles. The molecule has 0 N–H and O–H groups in total. The fourth-order valence-corrected chi connectivity index (χ4v) is 1.90. The van der Waals surface area contributed by atoms with Crippen molar-refractivity contribution in [2.75, 3.05) is 0 Å². The highest BCUT2D eigenvalue weighted by Gasteiger charge is 2.14. The number of hydrogen-bond donors (Lipinski definition) is 0. The molecule has 1 aromatic rings. The molecule has 0 unspecified atom stereocenters. The van der Waals surface area contributed by atoms with Crippen LogP contribution in [0.25, 0.3) is 0 Å². The molecule has 0 radical (unpaired) electrons. The van der Waals surface area contributed by atoms with Crippen molar-refractivity contribution >= 4 is 11.6 Å². The largest absolute Gasteiger partial charge is 0.194 e. The van der Waals surface area contributed by atoms with Gasteiger partial charge in [-0.15, -0.1) is 0 Å². The molecule has 0 amide bonds. The molecule has 0 saturated heterocycles. The van der Waals surface area contributed by atoms with Crippen LogP contribution in [0.5, 0.6) is 0 Å². The average Bonchev–Trinajstić information content (AvgIpc) is 2.17. The molecule has 0 saturated carbocycles. The van der Waals surface area contributed by atoms with Gasteiger partial charge in [0.25, 0.3) is 0 Å². The Bertz CT molecular complexity index is 351. The number of hydrogen-bond acceptors (Lipinski definition) is 0. The van der Waals surface area contributed by atoms with Crippen LogP contribution in [-0.2, 0) is 12.8 Å². The van der Waals surface area contributed by atoms with Crippen molar-refractivity contribution < 1.29 is 4.39 Å². The fraction of sp³-hybridized carbons (Fsp3) is 0.273. The highest BCUT2D eigenvalue weighted by atomic mass is 35.5. The molecule has 0 fully saturated rings. The first-order valence-corrected chi connectivity index (χ1v) is 4.75. The van der Waals surface area contributed by atoms with E-state index in [1.807, 2.05) is 18.2 Å². The van der Waals surface area contributed by atoms with Gasteiger partial charge >= 0.3 is 0 Å². The van der Waals surface area contributed by atoms with Gasteiger partial charge in [-0.25, -0.2) is 0 Å². The van der Waals surface area contributed by atoms with Crippen LogP contribution in [0.4, 0.5) is 4.39 Å². The summed E-state index contributed by atoms with van der Waals surface area (Å²) in [6, 6.07) is 8.13. The lowest BCUT2D eigenvalue weighted by atomic mass is 9.89. The molecular formula is C11H10ClF. The summed E-state index contributed by atoms with van der Waals surface area (Å²) in [6.45, 7) is 0. The summed E-state index contributed by atoms with van der Waals surface area (Å²) >= 11 is 5.34. The first-order chi connectivity index (χ1) is 6.27. The minimum absolute atomic E-state index is 0.519. The number of aryl methyl sites for hydroxylation is 1. The van der Waals surface area contributed by atoms with Crippen LogP contribution in [0.3, 0.4) is 0 Å². The molecule has 0 spiro atoms. The van der Waals surface area contributed by atoms with Crippen LogP contribution in [-0.4, -0.2) is 0 Å². The van der Waals surface area contributed by atoms with Gasteiger partial charge in [-0.3, -0.25) is 0 Å². The Labute approximate surface area is 82.0 Å². The van der Waals surface area contributed by atoms with E-state index in [1.165, 1.54) is 11.1 Å². The van der Waals surface area contributed by atoms with E-state index in [-0.39, 0.29) is 0 Å². The van der Waals surface area contributed by atoms with E-state index in [2.05, 4.69) is 6.07 Å². The van der Waals surface area contributed by atoms with Gasteiger partial charge in [0.2, 0.25) is 0 Å². The fourth-order valence-electron chi connectivity index (χ4n) is 1.74. The second kappa shape index (κ2) is 3.51. The van der Waals surface area contributed by atoms with Crippen LogP contribution >= 0.6 is 11.6 Å². The Morgan fingerprint density at radius 3 is 2.54 bits per heavy atom. The molecule has 13 heavy (non-hydrogen) atoms. The summed E-state index contributed by atoms with van der Waals surface area (Å²) in [5.74, 6) is 0. The molecule has 0 bridgehead atoms. The standard InChI is InChI=1S/C11H10ClF/c12-11(13)10-6-5-8-3-1-2-4-9(8)7-10/h1-4H,5-7H2/b11-10-. The number of rotatable bonds is 0. The van der Waals surface area contributed by atoms with Crippen LogP contribution < -0.4 is 0 Å². The lowest BCUT2D eigenvalue weighted by molar-refractivity contribution is 0.657. The molecular weight excluding hydrogens is 187 g/mol. The van der Waals surface area contributed by atoms with E-state index in [4.69, 9.17) is 11.6 Å². The SMILES string of the molecule is F/C(Cl)=C1/CCc2ccccc2C1. The monoisotopic (exact) mass is 196 g/mol. The maximum atomic E-state index is 12.7. The van der Waals surface area contributed by atoms with Crippen LogP contribution in [0.15, 0.2) is 35.1 Å². The topological polar surface area (TPSA) is 0 Å². The van der Waals surface area contributed by atoms with Gasteiger partial charge in [-0.2, -0.15) is 4.39 Å². The van der Waals surface area contributed by atoms with Crippen molar-refractivity contribution in [2.45, 2.75) is 19.3 Å². The molecule has 2 heteroatoms. The summed E-state index contributed by atoms with van der Waals surface area (Å²) in [7, 11) is 0. The van der Waals surface area contributed by atoms with Crippen LogP contribution in [0.2, 0.25) is 0 Å². The van der Waals surface area contributed by atoms with Gasteiger partial charge in [-0.1, -0.05) is 35.9 Å². The Morgan fingerprint density at radius 2 is 1.85 bits per heavy atom. The van der Waals surface area contributed by atoms with Crippen molar-refractivity contribution in [1.82, 2.24) is 0 Å². The average molecular weight is 197 g/mol. The zero-order valence-electron chi connectivity index (χ0n) is 7.19. The van der Waals surface area contributed by atoms with E-state index in [0.29, 0.717) is 6.42 Å². The van der Waals surface area contributed by atoms with Crippen molar-refractivity contribution in [3.63, 3.8) is 0 Å². The summed E-state index contributed by atoms with van der Waals surface area (Å²) < 4.78 is 12.7. The van der Waals surface area contributed by atoms with Gasteiger partial charge in [0.15, 0.2) is 5.29 Å². The molecule has 0 heterocycles. The minimum Gasteiger partial charge on any atom is -0.194 e. The van der Waals surface area contributed by atoms with Gasteiger partial charge in [0.1, 0.15) is 0 Å². The van der Waals surface area contributed by atoms with E-state index < -0.39 is 5.29 Å². The van der Waals surface area contributed by atoms with Crippen molar-refractivity contribution in [3.05, 3.63) is 46.3 Å². The molecule has 0 atom stereocenters. The summed E-state index contributed by atoms with van der Waals surface area (Å²) in [5, 5.41) is -0.519. The summed E-state index contributed by atoms with van der Waals surface area (Å²) in [5.41, 5.74) is 3.27. The third kappa shape index (κ3) is 1.75. The van der Waals surface area contributed by atoms with E-state index in [9.17, 15) is 4.39 Å². The molecule has 0 nitrogen and oxygen atoms in total. The number of halogens is 2. The Balaban J connectivity index is 2.35. The highest BCUT2D eigenvalue weighted by molar-refractivity contribution is 6.28. The Morgan fingerprint density at radius 1 is 1.15 bits per heavy atom. The van der Waals surface area contributed by atoms with Crippen molar-refractivity contribution in [3.8, 4) is 0 Å². The normalized spacial score (nSPS) is 19.5. The zero-order chi connectivity index (χ0) is 9.26. The molecule has 0 aromatic heterocycles. The second-order valence-electron chi connectivity index (χ2n) is 3.31. The molecule has 1 aliphatic carbocycles. The Kier molecular flexibility index (Phi) is 2.36. The highest BCUT2D eigenvalue weighted by Crippen LogP contribution is 2.28. The van der Waals surface area contributed by atoms with Gasteiger partial charge < -0.3 is 0 Å². The summed E-state index contributed by atoms with van der Waals surface area (Å²) in [4.78, 5) is 0. The van der Waals surface area contributed by atoms with Crippen LogP contribution in [0, 0.1) is 0 Å². The van der Waals surface area contributed by atoms with E-state index >= 15 is 0 Å². The number of benzene rings is 1. The quantitative estimate of drug-likeness (QED) is 0.595. The predicted molar refractivity (Wildman–Crippen MR) is 52.5 cm³/mol. The lowest BCUT2D eigenvalue weighted by Crippen LogP contribution is -2.05. The van der Waals surface area contributed by atoms with Crippen molar-refractivity contribution in [1.29, 1.82) is 0 Å². The maximum Gasteiger partial charge on any atom is 0.188 e. The van der Waals surface area contributed by atoms with Gasteiger partial charge in [0, 0.05) is 0 Å². The second-order valence-corrected chi connectivity index (χ2v) is 3.64. The van der Waals surface area contributed by atoms with Gasteiger partial charge in [0.05, 0.1) is 0 Å². The summed E-state index contributed by atoms with van der Waals surface area (Å²) in [6.07, 6.45) is 2.34. The molecule has 68 valence electrons. The van der Waals surface area contributed by atoms with E-state index in [0.717, 1.165) is 18.4 Å². The molecule has 1 aliphatic rings. The van der Waals surface area contributed by atoms with E-state index in [1.54, 1.807) is 0 Å². The molecule has 2 rings (SSSR count). The number of allylic oxidation sites excluding steroid dienone is 1. The zero-order valence-corrected chi connectivity index (χ0v) is 7.94. The minimum atomic E-state index is -0.519. The third-order valence-corrected chi connectivity index (χ3v) is 2.75. The Hall–Kier alpha value is -0.820. The van der Waals surface area contributed by atoms with Crippen molar-refractivity contribution in [2.24, 2.45) is 0 Å². The lowest BCUT2D eigenvalue weighted by Gasteiger charge is -2.17. The molecule has 0 aliphatic heterocycles. The van der Waals surface area contributed by atoms with Gasteiger partial charge in [-0.05, 0) is 36.0 Å². The first kappa shape index (κ1) is 8.76. The van der Waals surface area contributed by atoms with Crippen LogP contribution in [0.1, 0.15) is 17.5 Å². The smallest absolute Gasteiger partial charge is 0.188 e.